The lowest BCUT2D eigenvalue weighted by molar-refractivity contribution is -0.383. The largest absolute Gasteiger partial charge is 0.506 e. The predicted octanol–water partition coefficient (Wildman–Crippen LogP) is 4.70. The van der Waals surface area contributed by atoms with Crippen LogP contribution in [-0.4, -0.2) is 42.0 Å². The number of nitro groups is 1. The number of aromatic hydroxyl groups is 1. The molecule has 0 unspecified atom stereocenters. The second-order valence-corrected chi connectivity index (χ2v) is 7.75. The summed E-state index contributed by atoms with van der Waals surface area (Å²) in [4.78, 5) is 36.8. The average Bonchev–Trinajstić information content (AvgIpc) is 2.86. The third kappa shape index (κ3) is 4.49. The number of benzene rings is 3. The number of esters is 1. The number of phenolic OH excluding ortho intramolecular Hbond substituents is 1. The van der Waals surface area contributed by atoms with Gasteiger partial charge in [0, 0.05) is 42.6 Å². The Labute approximate surface area is 199 Å². The van der Waals surface area contributed by atoms with E-state index in [1.807, 2.05) is 11.0 Å². The molecule has 1 aliphatic rings. The highest BCUT2D eigenvalue weighted by molar-refractivity contribution is 6.05. The molecule has 176 valence electrons. The Bertz CT molecular complexity index is 1440. The first kappa shape index (κ1) is 23.3. The van der Waals surface area contributed by atoms with Crippen molar-refractivity contribution in [1.29, 1.82) is 5.26 Å². The Morgan fingerprint density at radius 3 is 2.69 bits per heavy atom. The topological polar surface area (TPSA) is 158 Å². The maximum absolute atomic E-state index is 12.6. The Morgan fingerprint density at radius 2 is 2.00 bits per heavy atom. The van der Waals surface area contributed by atoms with Gasteiger partial charge in [-0.3, -0.25) is 19.7 Å². The van der Waals surface area contributed by atoms with Crippen molar-refractivity contribution < 1.29 is 24.4 Å². The minimum absolute atomic E-state index is 0.00163. The fourth-order valence-electron chi connectivity index (χ4n) is 3.97. The molecule has 3 aromatic rings. The van der Waals surface area contributed by atoms with Gasteiger partial charge in [-0.25, -0.2) is 0 Å². The van der Waals surface area contributed by atoms with E-state index in [4.69, 9.17) is 0 Å². The Kier molecular flexibility index (Phi) is 6.37. The second-order valence-electron chi connectivity index (χ2n) is 7.75. The summed E-state index contributed by atoms with van der Waals surface area (Å²) in [6.45, 7) is 0.705. The smallest absolute Gasteiger partial charge is 0.307 e. The summed E-state index contributed by atoms with van der Waals surface area (Å²) in [7, 11) is 1.30. The lowest BCUT2D eigenvalue weighted by atomic mass is 9.99. The molecule has 11 heteroatoms. The molecule has 0 aromatic heterocycles. The van der Waals surface area contributed by atoms with Crippen molar-refractivity contribution in [2.75, 3.05) is 25.1 Å². The van der Waals surface area contributed by atoms with Gasteiger partial charge in [-0.05, 0) is 12.1 Å². The summed E-state index contributed by atoms with van der Waals surface area (Å²) in [6.07, 6.45) is 0.345. The van der Waals surface area contributed by atoms with Gasteiger partial charge in [-0.1, -0.05) is 18.2 Å². The first-order valence-electron chi connectivity index (χ1n) is 10.6. The van der Waals surface area contributed by atoms with Gasteiger partial charge in [0.25, 0.3) is 5.69 Å². The predicted molar refractivity (Wildman–Crippen MR) is 125 cm³/mol. The number of ketones is 1. The zero-order valence-electron chi connectivity index (χ0n) is 18.6. The van der Waals surface area contributed by atoms with Crippen molar-refractivity contribution >= 4 is 45.3 Å². The molecule has 3 aromatic carbocycles. The van der Waals surface area contributed by atoms with Gasteiger partial charge < -0.3 is 14.7 Å². The molecule has 1 heterocycles. The molecule has 0 saturated heterocycles. The summed E-state index contributed by atoms with van der Waals surface area (Å²) >= 11 is 0. The molecule has 0 bridgehead atoms. The van der Waals surface area contributed by atoms with Crippen molar-refractivity contribution in [2.24, 2.45) is 10.2 Å². The molecule has 4 rings (SSSR count). The number of nitrogens with zero attached hydrogens (tertiary/aromatic N) is 5. The SMILES string of the molecule is COC(=O)CCN1CCC(=O)c2cc(/N=N/c3c(C#N)cc([N+](=O)[O-])c4ccccc34)c(O)cc21. The fraction of sp³-hybridized carbons (Fsp3) is 0.208. The summed E-state index contributed by atoms with van der Waals surface area (Å²) in [6, 6.07) is 12.3. The number of nitro benzene ring substituents is 1. The van der Waals surface area contributed by atoms with E-state index in [9.17, 15) is 30.1 Å². The van der Waals surface area contributed by atoms with Crippen molar-refractivity contribution in [3.63, 3.8) is 0 Å². The summed E-state index contributed by atoms with van der Waals surface area (Å²) in [5.41, 5.74) is 0.615. The van der Waals surface area contributed by atoms with Crippen molar-refractivity contribution in [2.45, 2.75) is 12.8 Å². The minimum Gasteiger partial charge on any atom is -0.506 e. The molecule has 0 amide bonds. The fourth-order valence-corrected chi connectivity index (χ4v) is 3.97. The molecule has 0 atom stereocenters. The lowest BCUT2D eigenvalue weighted by Crippen LogP contribution is -2.33. The zero-order valence-corrected chi connectivity index (χ0v) is 18.6. The summed E-state index contributed by atoms with van der Waals surface area (Å²) in [5.74, 6) is -0.791. The van der Waals surface area contributed by atoms with E-state index in [1.165, 1.54) is 19.2 Å². The zero-order chi connectivity index (χ0) is 25.1. The van der Waals surface area contributed by atoms with E-state index in [0.717, 1.165) is 6.07 Å². The number of anilines is 1. The Morgan fingerprint density at radius 1 is 1.26 bits per heavy atom. The Hall–Kier alpha value is -4.85. The quantitative estimate of drug-likeness (QED) is 0.233. The number of carbonyl (C=O) groups is 2. The normalized spacial score (nSPS) is 13.0. The number of ether oxygens (including phenoxy) is 1. The van der Waals surface area contributed by atoms with Crippen LogP contribution in [0.3, 0.4) is 0 Å². The number of non-ortho nitro benzene ring substituents is 1. The molecular formula is C24H19N5O6. The molecule has 1 aliphatic heterocycles. The minimum atomic E-state index is -0.572. The van der Waals surface area contributed by atoms with Gasteiger partial charge >= 0.3 is 5.97 Å². The van der Waals surface area contributed by atoms with Gasteiger partial charge in [0.1, 0.15) is 23.2 Å². The van der Waals surface area contributed by atoms with Crippen LogP contribution < -0.4 is 4.90 Å². The van der Waals surface area contributed by atoms with Gasteiger partial charge in [0.2, 0.25) is 0 Å². The van der Waals surface area contributed by atoms with Gasteiger partial charge in [0.05, 0.1) is 35.1 Å². The molecule has 1 N–H and O–H groups in total. The maximum Gasteiger partial charge on any atom is 0.307 e. The first-order chi connectivity index (χ1) is 16.8. The van der Waals surface area contributed by atoms with Crippen LogP contribution in [0.5, 0.6) is 5.75 Å². The number of azo groups is 1. The van der Waals surface area contributed by atoms with Crippen LogP contribution >= 0.6 is 0 Å². The monoisotopic (exact) mass is 473 g/mol. The number of carbonyl (C=O) groups excluding carboxylic acids is 2. The second kappa shape index (κ2) is 9.56. The number of methoxy groups -OCH3 is 1. The van der Waals surface area contributed by atoms with Crippen molar-refractivity contribution in [3.05, 3.63) is 63.7 Å². The van der Waals surface area contributed by atoms with Gasteiger partial charge in [-0.15, -0.1) is 10.2 Å². The average molecular weight is 473 g/mol. The number of Topliss-reactive ketones (excluding diaryl/α,β-unsaturated/α-hetero) is 1. The molecule has 0 aliphatic carbocycles. The van der Waals surface area contributed by atoms with Crippen LogP contribution in [0.1, 0.15) is 28.8 Å². The van der Waals surface area contributed by atoms with E-state index in [0.29, 0.717) is 29.7 Å². The molecular weight excluding hydrogens is 454 g/mol. The molecule has 0 radical (unpaired) electrons. The summed E-state index contributed by atoms with van der Waals surface area (Å²) in [5, 5.41) is 40.5. The van der Waals surface area contributed by atoms with Crippen LogP contribution in [0.25, 0.3) is 10.8 Å². The number of fused-ring (bicyclic) bond motifs is 2. The van der Waals surface area contributed by atoms with Crippen LogP contribution in [0.4, 0.5) is 22.7 Å². The highest BCUT2D eigenvalue weighted by Gasteiger charge is 2.26. The molecule has 0 saturated carbocycles. The highest BCUT2D eigenvalue weighted by Crippen LogP contribution is 2.41. The van der Waals surface area contributed by atoms with E-state index in [2.05, 4.69) is 15.0 Å². The summed E-state index contributed by atoms with van der Waals surface area (Å²) < 4.78 is 4.67. The maximum atomic E-state index is 12.6. The van der Waals surface area contributed by atoms with Crippen LogP contribution in [-0.2, 0) is 9.53 Å². The van der Waals surface area contributed by atoms with Crippen LogP contribution in [0, 0.1) is 21.4 Å². The molecule has 11 nitrogen and oxygen atoms in total. The van der Waals surface area contributed by atoms with Crippen molar-refractivity contribution in [3.8, 4) is 11.8 Å². The third-order valence-corrected chi connectivity index (χ3v) is 5.73. The highest BCUT2D eigenvalue weighted by atomic mass is 16.6. The number of phenols is 1. The number of hydrogen-bond acceptors (Lipinski definition) is 10. The standard InChI is InChI=1S/C24H19N5O6/c1-35-23(32)7-9-28-8-6-21(30)17-11-18(22(31)12-19(17)28)26-27-24-14(13-25)10-20(29(33)34)15-4-2-3-5-16(15)24/h2-5,10-12,31H,6-9H2,1H3/b27-26+. The van der Waals surface area contributed by atoms with Gasteiger partial charge in [0.15, 0.2) is 5.78 Å². The number of rotatable bonds is 6. The number of nitriles is 1. The Balaban J connectivity index is 1.76. The van der Waals surface area contributed by atoms with Gasteiger partial charge in [-0.2, -0.15) is 5.26 Å². The molecule has 0 fully saturated rings. The number of hydrogen-bond donors (Lipinski definition) is 1. The van der Waals surface area contributed by atoms with E-state index in [1.54, 1.807) is 24.3 Å². The first-order valence-corrected chi connectivity index (χ1v) is 10.6. The van der Waals surface area contributed by atoms with E-state index < -0.39 is 4.92 Å². The van der Waals surface area contributed by atoms with E-state index in [-0.39, 0.29) is 58.4 Å². The van der Waals surface area contributed by atoms with Crippen LogP contribution in [0.2, 0.25) is 0 Å². The van der Waals surface area contributed by atoms with Crippen LogP contribution in [0.15, 0.2) is 52.7 Å². The molecule has 35 heavy (non-hydrogen) atoms. The third-order valence-electron chi connectivity index (χ3n) is 5.73. The van der Waals surface area contributed by atoms with Crippen molar-refractivity contribution in [1.82, 2.24) is 0 Å². The molecule has 0 spiro atoms. The van der Waals surface area contributed by atoms with E-state index >= 15 is 0 Å². The lowest BCUT2D eigenvalue weighted by Gasteiger charge is -2.30.